The molecule has 0 atom stereocenters. The van der Waals surface area contributed by atoms with Crippen molar-refractivity contribution < 1.29 is 15.0 Å². The van der Waals surface area contributed by atoms with Crippen molar-refractivity contribution in [3.8, 4) is 0 Å². The van der Waals surface area contributed by atoms with Crippen LogP contribution in [0.5, 0.6) is 0 Å². The van der Waals surface area contributed by atoms with E-state index in [0.29, 0.717) is 0 Å². The third kappa shape index (κ3) is 2.22. The maximum absolute atomic E-state index is 10.4. The van der Waals surface area contributed by atoms with Crippen molar-refractivity contribution in [2.45, 2.75) is 19.4 Å². The number of nitrogens with zero attached hydrogens (tertiary/aromatic N) is 2. The van der Waals surface area contributed by atoms with E-state index in [9.17, 15) is 9.90 Å². The van der Waals surface area contributed by atoms with Crippen LogP contribution in [0.3, 0.4) is 0 Å². The predicted molar refractivity (Wildman–Crippen MR) is 44.2 cm³/mol. The van der Waals surface area contributed by atoms with Gasteiger partial charge in [0.1, 0.15) is 5.60 Å². The lowest BCUT2D eigenvalue weighted by atomic mass is 10.1. The summed E-state index contributed by atoms with van der Waals surface area (Å²) in [5.74, 6) is -0.875. The van der Waals surface area contributed by atoms with Gasteiger partial charge in [-0.3, -0.25) is 0 Å². The number of aromatic carboxylic acids is 1. The average Bonchev–Trinajstić information content (AvgIpc) is 2.03. The van der Waals surface area contributed by atoms with Crippen LogP contribution in [0.2, 0.25) is 0 Å². The fourth-order valence-corrected chi connectivity index (χ4v) is 0.754. The minimum Gasteiger partial charge on any atom is -0.478 e. The molecule has 2 N–H and O–H groups in total. The van der Waals surface area contributed by atoms with Gasteiger partial charge in [-0.2, -0.15) is 0 Å². The standard InChI is InChI=1S/C8H10N2O3/c1-8(2,13)7-9-3-5(4-10-7)6(11)12/h3-4,13H,1-2H3,(H,11,12). The molecule has 1 heterocycles. The maximum Gasteiger partial charge on any atom is 0.338 e. The van der Waals surface area contributed by atoms with Gasteiger partial charge in [-0.1, -0.05) is 0 Å². The fourth-order valence-electron chi connectivity index (χ4n) is 0.754. The number of aromatic nitrogens is 2. The zero-order chi connectivity index (χ0) is 10.1. The van der Waals surface area contributed by atoms with Gasteiger partial charge in [0, 0.05) is 12.4 Å². The van der Waals surface area contributed by atoms with E-state index in [1.165, 1.54) is 26.2 Å². The minimum absolute atomic E-state index is 0.00741. The SMILES string of the molecule is CC(C)(O)c1ncc(C(=O)O)cn1. The molecule has 0 bridgehead atoms. The Kier molecular flexibility index (Phi) is 2.29. The monoisotopic (exact) mass is 182 g/mol. The second kappa shape index (κ2) is 3.10. The third-order valence-corrected chi connectivity index (χ3v) is 1.45. The van der Waals surface area contributed by atoms with Crippen molar-refractivity contribution >= 4 is 5.97 Å². The topological polar surface area (TPSA) is 83.3 Å². The fraction of sp³-hybridized carbons (Fsp3) is 0.375. The molecule has 0 aliphatic heterocycles. The van der Waals surface area contributed by atoms with Crippen LogP contribution in [0.4, 0.5) is 0 Å². The first-order valence-electron chi connectivity index (χ1n) is 3.69. The molecule has 1 aromatic heterocycles. The van der Waals surface area contributed by atoms with Crippen molar-refractivity contribution in [2.75, 3.05) is 0 Å². The lowest BCUT2D eigenvalue weighted by molar-refractivity contribution is 0.0660. The Labute approximate surface area is 75.1 Å². The van der Waals surface area contributed by atoms with Gasteiger partial charge in [-0.15, -0.1) is 0 Å². The summed E-state index contributed by atoms with van der Waals surface area (Å²) in [7, 11) is 0. The summed E-state index contributed by atoms with van der Waals surface area (Å²) in [4.78, 5) is 17.9. The molecule has 5 nitrogen and oxygen atoms in total. The summed E-state index contributed by atoms with van der Waals surface area (Å²) in [6, 6.07) is 0. The van der Waals surface area contributed by atoms with Crippen molar-refractivity contribution in [3.05, 3.63) is 23.8 Å². The van der Waals surface area contributed by atoms with E-state index in [-0.39, 0.29) is 11.4 Å². The summed E-state index contributed by atoms with van der Waals surface area (Å²) in [6.07, 6.45) is 2.34. The van der Waals surface area contributed by atoms with E-state index in [2.05, 4.69) is 9.97 Å². The molecule has 0 aromatic carbocycles. The molecule has 1 aromatic rings. The Morgan fingerprint density at radius 1 is 1.38 bits per heavy atom. The first-order chi connectivity index (χ1) is 5.91. The van der Waals surface area contributed by atoms with E-state index in [4.69, 9.17) is 5.11 Å². The Hall–Kier alpha value is -1.49. The van der Waals surface area contributed by atoms with E-state index in [0.717, 1.165) is 0 Å². The van der Waals surface area contributed by atoms with Crippen molar-refractivity contribution in [3.63, 3.8) is 0 Å². The Morgan fingerprint density at radius 2 is 1.85 bits per heavy atom. The van der Waals surface area contributed by atoms with E-state index in [1.54, 1.807) is 0 Å². The summed E-state index contributed by atoms with van der Waals surface area (Å²) >= 11 is 0. The highest BCUT2D eigenvalue weighted by atomic mass is 16.4. The molecule has 70 valence electrons. The molecule has 0 saturated heterocycles. The zero-order valence-electron chi connectivity index (χ0n) is 7.35. The zero-order valence-corrected chi connectivity index (χ0v) is 7.35. The molecule has 0 radical (unpaired) electrons. The van der Waals surface area contributed by atoms with E-state index >= 15 is 0 Å². The predicted octanol–water partition coefficient (Wildman–Crippen LogP) is 0.402. The largest absolute Gasteiger partial charge is 0.478 e. The molecule has 0 spiro atoms. The summed E-state index contributed by atoms with van der Waals surface area (Å²) in [5.41, 5.74) is -1.13. The summed E-state index contributed by atoms with van der Waals surface area (Å²) in [6.45, 7) is 3.06. The lowest BCUT2D eigenvalue weighted by Crippen LogP contribution is -2.19. The van der Waals surface area contributed by atoms with Gasteiger partial charge >= 0.3 is 5.97 Å². The number of rotatable bonds is 2. The van der Waals surface area contributed by atoms with Crippen LogP contribution in [-0.2, 0) is 5.60 Å². The van der Waals surface area contributed by atoms with Crippen LogP contribution in [0, 0.1) is 0 Å². The first-order valence-corrected chi connectivity index (χ1v) is 3.69. The third-order valence-electron chi connectivity index (χ3n) is 1.45. The van der Waals surface area contributed by atoms with Gasteiger partial charge in [-0.05, 0) is 13.8 Å². The van der Waals surface area contributed by atoms with Crippen LogP contribution < -0.4 is 0 Å². The molecule has 0 aliphatic carbocycles. The highest BCUT2D eigenvalue weighted by Gasteiger charge is 2.19. The number of hydrogen-bond acceptors (Lipinski definition) is 4. The van der Waals surface area contributed by atoms with E-state index < -0.39 is 11.6 Å². The number of carboxylic acids is 1. The molecular weight excluding hydrogens is 172 g/mol. The van der Waals surface area contributed by atoms with Crippen molar-refractivity contribution in [1.29, 1.82) is 0 Å². The molecule has 0 unspecified atom stereocenters. The number of hydrogen-bond donors (Lipinski definition) is 2. The van der Waals surface area contributed by atoms with Gasteiger partial charge < -0.3 is 10.2 Å². The Morgan fingerprint density at radius 3 is 2.15 bits per heavy atom. The molecule has 0 fully saturated rings. The molecule has 0 amide bonds. The molecular formula is C8H10N2O3. The maximum atomic E-state index is 10.4. The highest BCUT2D eigenvalue weighted by Crippen LogP contribution is 2.13. The van der Waals surface area contributed by atoms with Crippen molar-refractivity contribution in [2.24, 2.45) is 0 Å². The first kappa shape index (κ1) is 9.60. The number of carboxylic acid groups (broad SMARTS) is 1. The summed E-state index contributed by atoms with van der Waals surface area (Å²) < 4.78 is 0. The number of aliphatic hydroxyl groups is 1. The molecule has 13 heavy (non-hydrogen) atoms. The second-order valence-corrected chi connectivity index (χ2v) is 3.16. The van der Waals surface area contributed by atoms with Crippen molar-refractivity contribution in [1.82, 2.24) is 9.97 Å². The Bertz CT molecular complexity index is 313. The van der Waals surface area contributed by atoms with E-state index in [1.807, 2.05) is 0 Å². The molecule has 0 aliphatic rings. The van der Waals surface area contributed by atoms with Crippen LogP contribution in [0.25, 0.3) is 0 Å². The van der Waals surface area contributed by atoms with Gasteiger partial charge in [-0.25, -0.2) is 14.8 Å². The van der Waals surface area contributed by atoms with Crippen LogP contribution in [0.1, 0.15) is 30.0 Å². The minimum atomic E-state index is -1.14. The molecule has 0 saturated carbocycles. The normalized spacial score (nSPS) is 11.3. The highest BCUT2D eigenvalue weighted by molar-refractivity contribution is 5.86. The van der Waals surface area contributed by atoms with Gasteiger partial charge in [0.25, 0.3) is 0 Å². The molecule has 5 heteroatoms. The smallest absolute Gasteiger partial charge is 0.338 e. The Balaban J connectivity index is 3.01. The second-order valence-electron chi connectivity index (χ2n) is 3.16. The van der Waals surface area contributed by atoms with Crippen LogP contribution >= 0.6 is 0 Å². The van der Waals surface area contributed by atoms with Gasteiger partial charge in [0.2, 0.25) is 0 Å². The summed E-state index contributed by atoms with van der Waals surface area (Å²) in [5, 5.41) is 18.0. The molecule has 1 rings (SSSR count). The van der Waals surface area contributed by atoms with Crippen LogP contribution in [-0.4, -0.2) is 26.2 Å². The quantitative estimate of drug-likeness (QED) is 0.691. The number of carbonyl (C=O) groups is 1. The average molecular weight is 182 g/mol. The van der Waals surface area contributed by atoms with Gasteiger partial charge in [0.05, 0.1) is 5.56 Å². The lowest BCUT2D eigenvalue weighted by Gasteiger charge is -2.14. The van der Waals surface area contributed by atoms with Crippen LogP contribution in [0.15, 0.2) is 12.4 Å². The van der Waals surface area contributed by atoms with Gasteiger partial charge in [0.15, 0.2) is 5.82 Å².